The van der Waals surface area contributed by atoms with Crippen molar-refractivity contribution in [2.75, 3.05) is 25.0 Å². The van der Waals surface area contributed by atoms with Crippen LogP contribution in [0.2, 0.25) is 10.0 Å². The lowest BCUT2D eigenvalue weighted by atomic mass is 10.1. The predicted octanol–water partition coefficient (Wildman–Crippen LogP) is 6.89. The Balaban J connectivity index is 1.72. The minimum absolute atomic E-state index is 0.0407. The smallest absolute Gasteiger partial charge is 0.414 e. The predicted molar refractivity (Wildman–Crippen MR) is 192 cm³/mol. The van der Waals surface area contributed by atoms with Gasteiger partial charge in [0.05, 0.1) is 22.3 Å². The average Bonchev–Trinajstić information content (AvgIpc) is 3.40. The van der Waals surface area contributed by atoms with Gasteiger partial charge in [0, 0.05) is 12.1 Å². The molecule has 0 unspecified atom stereocenters. The maximum absolute atomic E-state index is 13.6. The zero-order chi connectivity index (χ0) is 37.5. The molecule has 0 spiro atoms. The second-order valence-electron chi connectivity index (χ2n) is 13.4. The van der Waals surface area contributed by atoms with Gasteiger partial charge in [0.2, 0.25) is 11.9 Å². The molecule has 2 aromatic carbocycles. The molecule has 4 bridgehead atoms. The summed E-state index contributed by atoms with van der Waals surface area (Å²) in [5.41, 5.74) is -0.134. The molecule has 0 fully saturated rings. The number of hydrogen-bond acceptors (Lipinski definition) is 10. The molecule has 0 atom stereocenters. The summed E-state index contributed by atoms with van der Waals surface area (Å²) in [5, 5.41) is 12.0. The maximum Gasteiger partial charge on any atom is 0.414 e. The number of carbonyl (C=O) groups is 4. The lowest BCUT2D eigenvalue weighted by Gasteiger charge is -2.26. The Morgan fingerprint density at radius 2 is 1.59 bits per heavy atom. The molecule has 0 saturated heterocycles. The summed E-state index contributed by atoms with van der Waals surface area (Å²) in [5.74, 6) is -0.734. The van der Waals surface area contributed by atoms with E-state index in [0.717, 1.165) is 0 Å². The fraction of sp³-hybridized carbons (Fsp3) is 0.371. The number of rotatable bonds is 0. The van der Waals surface area contributed by atoms with Crippen molar-refractivity contribution in [2.24, 2.45) is 4.99 Å². The Morgan fingerprint density at radius 1 is 0.941 bits per heavy atom. The standard InChI is InChI=1S/C35H40Cl2N6O8/c1-20-27-28(42-51-20)22-10-12-23(13-11-22)48-15-9-8-14-43(33(47)50-35(5,6)7)19-26(44)39-29-24(36)16-21(17-25(29)37)18-38-31(40-30(27)45)41-32(46)49-34(2,3)4/h8-13,16-17H,14-15,18-19H2,1-7H3,(H,39,44)(H2,38,40,41,45,46)/b9-8+. The summed E-state index contributed by atoms with van der Waals surface area (Å²) in [6.45, 7) is 11.5. The minimum Gasteiger partial charge on any atom is -0.490 e. The molecule has 5 heterocycles. The number of amides is 4. The summed E-state index contributed by atoms with van der Waals surface area (Å²) in [6.07, 6.45) is 1.81. The van der Waals surface area contributed by atoms with Crippen LogP contribution in [0.4, 0.5) is 15.3 Å². The van der Waals surface area contributed by atoms with E-state index in [1.54, 1.807) is 84.9 Å². The number of ether oxygens (including phenoxy) is 3. The van der Waals surface area contributed by atoms with Gasteiger partial charge in [0.1, 0.15) is 47.1 Å². The first-order valence-electron chi connectivity index (χ1n) is 15.8. The molecule has 1 aromatic heterocycles. The van der Waals surface area contributed by atoms with Crippen molar-refractivity contribution in [3.05, 3.63) is 75.5 Å². The van der Waals surface area contributed by atoms with E-state index in [9.17, 15) is 19.2 Å². The van der Waals surface area contributed by atoms with Crippen molar-refractivity contribution < 1.29 is 37.9 Å². The molecule has 14 nitrogen and oxygen atoms in total. The fourth-order valence-corrected chi connectivity index (χ4v) is 5.16. The number of nitrogens with one attached hydrogen (secondary N) is 3. The highest BCUT2D eigenvalue weighted by Gasteiger charge is 2.26. The van der Waals surface area contributed by atoms with Gasteiger partial charge < -0.3 is 24.1 Å². The highest BCUT2D eigenvalue weighted by Crippen LogP contribution is 2.32. The summed E-state index contributed by atoms with van der Waals surface area (Å²) in [6, 6.07) is 9.83. The number of alkyl carbamates (subject to hydrolysis) is 1. The normalized spacial score (nSPS) is 15.4. The molecule has 3 N–H and O–H groups in total. The number of guanidine groups is 1. The monoisotopic (exact) mass is 742 g/mol. The number of hydrogen-bond donors (Lipinski definition) is 3. The summed E-state index contributed by atoms with van der Waals surface area (Å²) >= 11 is 13.1. The highest BCUT2D eigenvalue weighted by molar-refractivity contribution is 6.40. The van der Waals surface area contributed by atoms with Gasteiger partial charge in [-0.2, -0.15) is 0 Å². The average molecular weight is 744 g/mol. The Labute approximate surface area is 305 Å². The third-order valence-electron chi connectivity index (χ3n) is 6.68. The second kappa shape index (κ2) is 16.3. The van der Waals surface area contributed by atoms with Gasteiger partial charge in [-0.05, 0) is 96.5 Å². The molecule has 0 aliphatic carbocycles. The molecule has 16 heteroatoms. The van der Waals surface area contributed by atoms with Gasteiger partial charge in [0.25, 0.3) is 5.91 Å². The van der Waals surface area contributed by atoms with E-state index in [1.165, 1.54) is 17.0 Å². The van der Waals surface area contributed by atoms with Crippen LogP contribution in [0.5, 0.6) is 5.75 Å². The van der Waals surface area contributed by atoms with Crippen LogP contribution in [-0.4, -0.2) is 70.9 Å². The Kier molecular flexibility index (Phi) is 12.4. The third kappa shape index (κ3) is 11.5. The molecule has 51 heavy (non-hydrogen) atoms. The van der Waals surface area contributed by atoms with Crippen molar-refractivity contribution in [1.82, 2.24) is 20.7 Å². The molecule has 3 aromatic rings. The zero-order valence-corrected chi connectivity index (χ0v) is 30.8. The molecule has 7 rings (SSSR count). The van der Waals surface area contributed by atoms with E-state index in [2.05, 4.69) is 26.1 Å². The van der Waals surface area contributed by atoms with E-state index in [-0.39, 0.29) is 65.0 Å². The van der Waals surface area contributed by atoms with Gasteiger partial charge >= 0.3 is 12.2 Å². The summed E-state index contributed by atoms with van der Waals surface area (Å²) in [7, 11) is 0. The third-order valence-corrected chi connectivity index (χ3v) is 7.28. The number of halogens is 2. The van der Waals surface area contributed by atoms with Crippen molar-refractivity contribution in [3.8, 4) is 17.0 Å². The number of anilines is 1. The minimum atomic E-state index is -0.864. The van der Waals surface area contributed by atoms with E-state index in [4.69, 9.17) is 41.9 Å². The van der Waals surface area contributed by atoms with Crippen molar-refractivity contribution >= 4 is 58.8 Å². The van der Waals surface area contributed by atoms with Crippen LogP contribution in [0.15, 0.2) is 58.1 Å². The number of nitrogens with zero attached hydrogens (tertiary/aromatic N) is 3. The maximum atomic E-state index is 13.6. The molecule has 272 valence electrons. The van der Waals surface area contributed by atoms with Crippen LogP contribution in [0.1, 0.15) is 63.2 Å². The van der Waals surface area contributed by atoms with E-state index >= 15 is 0 Å². The molecule has 0 saturated carbocycles. The molecular weight excluding hydrogens is 703 g/mol. The van der Waals surface area contributed by atoms with Gasteiger partial charge in [-0.25, -0.2) is 14.6 Å². The van der Waals surface area contributed by atoms with Gasteiger partial charge in [-0.15, -0.1) is 0 Å². The number of carbonyl (C=O) groups excluding carboxylic acids is 4. The van der Waals surface area contributed by atoms with Crippen LogP contribution in [0, 0.1) is 6.92 Å². The van der Waals surface area contributed by atoms with Gasteiger partial charge in [-0.1, -0.05) is 34.4 Å². The first-order chi connectivity index (χ1) is 23.9. The summed E-state index contributed by atoms with van der Waals surface area (Å²) in [4.78, 5) is 58.1. The first kappa shape index (κ1) is 38.7. The molecule has 4 amide bonds. The van der Waals surface area contributed by atoms with Crippen molar-refractivity contribution in [3.63, 3.8) is 0 Å². The van der Waals surface area contributed by atoms with E-state index in [0.29, 0.717) is 16.9 Å². The summed E-state index contributed by atoms with van der Waals surface area (Å²) < 4.78 is 22.1. The number of aromatic nitrogens is 1. The number of aliphatic imine (C=N–C) groups is 1. The van der Waals surface area contributed by atoms with Gasteiger partial charge in [0.15, 0.2) is 0 Å². The van der Waals surface area contributed by atoms with Crippen molar-refractivity contribution in [2.45, 2.75) is 66.2 Å². The lowest BCUT2D eigenvalue weighted by molar-refractivity contribution is -0.117. The Bertz CT molecular complexity index is 1820. The Hall–Kier alpha value is -5.08. The largest absolute Gasteiger partial charge is 0.490 e. The molecule has 4 aliphatic heterocycles. The molecular formula is C35H40Cl2N6O8. The van der Waals surface area contributed by atoms with Crippen LogP contribution in [0.25, 0.3) is 11.3 Å². The number of benzene rings is 2. The molecule has 0 radical (unpaired) electrons. The quantitative estimate of drug-likeness (QED) is 0.207. The SMILES string of the molecule is Cc1onc2c1C(=O)NC(NC(=O)OC(C)(C)C)=NCc1cc(Cl)c(c(Cl)c1)NC(=O)CN(C(=O)OC(C)(C)C)C/C=C/COc1ccc-2cc1. The highest BCUT2D eigenvalue weighted by atomic mass is 35.5. The van der Waals surface area contributed by atoms with Crippen LogP contribution in [-0.2, 0) is 20.8 Å². The fourth-order valence-electron chi connectivity index (χ4n) is 4.53. The van der Waals surface area contributed by atoms with E-state index < -0.39 is 35.2 Å². The second-order valence-corrected chi connectivity index (χ2v) is 14.2. The number of aryl methyl sites for hydroxylation is 1. The molecule has 4 aliphatic rings. The zero-order valence-electron chi connectivity index (χ0n) is 29.3. The van der Waals surface area contributed by atoms with Gasteiger partial charge in [-0.3, -0.25) is 25.1 Å². The topological polar surface area (TPSA) is 174 Å². The Morgan fingerprint density at radius 3 is 2.22 bits per heavy atom. The van der Waals surface area contributed by atoms with Crippen LogP contribution >= 0.6 is 23.2 Å². The lowest BCUT2D eigenvalue weighted by Crippen LogP contribution is -2.46. The van der Waals surface area contributed by atoms with E-state index in [1.807, 2.05) is 0 Å². The van der Waals surface area contributed by atoms with Crippen molar-refractivity contribution in [1.29, 1.82) is 0 Å². The van der Waals surface area contributed by atoms with Crippen LogP contribution < -0.4 is 20.7 Å². The first-order valence-corrected chi connectivity index (χ1v) is 16.6. The van der Waals surface area contributed by atoms with Crippen LogP contribution in [0.3, 0.4) is 0 Å².